The number of anilines is 1. The molecule has 112 valence electrons. The number of benzene rings is 1. The van der Waals surface area contributed by atoms with Gasteiger partial charge in [-0.05, 0) is 30.9 Å². The van der Waals surface area contributed by atoms with E-state index in [-0.39, 0.29) is 0 Å². The highest BCUT2D eigenvalue weighted by atomic mass is 16.5. The molecule has 2 aromatic rings. The van der Waals surface area contributed by atoms with Crippen molar-refractivity contribution in [2.45, 2.75) is 25.7 Å². The lowest BCUT2D eigenvalue weighted by molar-refractivity contribution is 0.275. The monoisotopic (exact) mass is 288 g/mol. The Morgan fingerprint density at radius 2 is 1.76 bits per heavy atom. The molecule has 0 unspecified atom stereocenters. The predicted molar refractivity (Wildman–Crippen MR) is 80.0 cm³/mol. The number of nitrogens with zero attached hydrogens (tertiary/aromatic N) is 3. The summed E-state index contributed by atoms with van der Waals surface area (Å²) in [6, 6.07) is 5.64. The summed E-state index contributed by atoms with van der Waals surface area (Å²) in [4.78, 5) is 0. The van der Waals surface area contributed by atoms with Crippen molar-refractivity contribution in [2.75, 3.05) is 20.0 Å². The molecule has 0 amide bonds. The Morgan fingerprint density at radius 3 is 2.29 bits per heavy atom. The molecule has 6 heteroatoms. The molecular formula is C15H20N4O2. The van der Waals surface area contributed by atoms with Crippen molar-refractivity contribution in [2.24, 2.45) is 5.92 Å². The number of ether oxygens (including phenoxy) is 2. The fraction of sp³-hybridized carbons (Fsp3) is 0.467. The molecule has 0 aliphatic heterocycles. The van der Waals surface area contributed by atoms with Crippen LogP contribution in [0, 0.1) is 5.92 Å². The van der Waals surface area contributed by atoms with E-state index in [2.05, 4.69) is 17.1 Å². The number of nitrogens with two attached hydrogens (primary N) is 1. The maximum Gasteiger partial charge on any atom is 0.226 e. The second-order valence-corrected chi connectivity index (χ2v) is 5.54. The van der Waals surface area contributed by atoms with E-state index in [1.165, 1.54) is 0 Å². The number of aromatic nitrogens is 3. The third kappa shape index (κ3) is 2.20. The molecule has 0 spiro atoms. The smallest absolute Gasteiger partial charge is 0.226 e. The summed E-state index contributed by atoms with van der Waals surface area (Å²) in [5.41, 5.74) is 6.81. The van der Waals surface area contributed by atoms with Gasteiger partial charge in [-0.3, -0.25) is 4.57 Å². The van der Waals surface area contributed by atoms with Crippen LogP contribution in [0.1, 0.15) is 31.5 Å². The molecule has 1 aliphatic rings. The van der Waals surface area contributed by atoms with Crippen LogP contribution in [0.25, 0.3) is 5.69 Å². The molecule has 3 rings (SSSR count). The number of nitrogen functional groups attached to an aromatic ring is 1. The van der Waals surface area contributed by atoms with Gasteiger partial charge in [0.25, 0.3) is 0 Å². The van der Waals surface area contributed by atoms with Crippen molar-refractivity contribution >= 4 is 5.95 Å². The van der Waals surface area contributed by atoms with E-state index in [1.54, 1.807) is 14.2 Å². The average molecular weight is 288 g/mol. The Balaban J connectivity index is 2.14. The molecule has 0 saturated heterocycles. The zero-order valence-corrected chi connectivity index (χ0v) is 12.5. The first-order valence-corrected chi connectivity index (χ1v) is 7.07. The van der Waals surface area contributed by atoms with Crippen LogP contribution in [0.5, 0.6) is 11.5 Å². The van der Waals surface area contributed by atoms with E-state index < -0.39 is 0 Å². The van der Waals surface area contributed by atoms with Crippen molar-refractivity contribution in [3.05, 3.63) is 24.0 Å². The fourth-order valence-corrected chi connectivity index (χ4v) is 2.97. The molecule has 1 fully saturated rings. The van der Waals surface area contributed by atoms with Crippen LogP contribution in [0.4, 0.5) is 5.95 Å². The number of hydrogen-bond acceptors (Lipinski definition) is 5. The number of hydrogen-bond donors (Lipinski definition) is 1. The number of rotatable bonds is 4. The Kier molecular flexibility index (Phi) is 3.45. The van der Waals surface area contributed by atoms with Crippen LogP contribution < -0.4 is 15.2 Å². The molecule has 1 saturated carbocycles. The minimum Gasteiger partial charge on any atom is -0.494 e. The van der Waals surface area contributed by atoms with E-state index in [1.807, 2.05) is 22.8 Å². The average Bonchev–Trinajstić information content (AvgIpc) is 2.84. The molecule has 1 aliphatic carbocycles. The SMILES string of the molecule is COc1cccc(OC)c1-n1c(N)nnc1C1CC(C)C1. The van der Waals surface area contributed by atoms with Gasteiger partial charge >= 0.3 is 0 Å². The predicted octanol–water partition coefficient (Wildman–Crippen LogP) is 2.38. The van der Waals surface area contributed by atoms with Crippen molar-refractivity contribution in [1.82, 2.24) is 14.8 Å². The highest BCUT2D eigenvalue weighted by molar-refractivity contribution is 5.60. The summed E-state index contributed by atoms with van der Waals surface area (Å²) < 4.78 is 12.8. The molecule has 6 nitrogen and oxygen atoms in total. The Labute approximate surface area is 123 Å². The minimum absolute atomic E-state index is 0.354. The molecular weight excluding hydrogens is 268 g/mol. The van der Waals surface area contributed by atoms with Gasteiger partial charge in [0.2, 0.25) is 5.95 Å². The zero-order chi connectivity index (χ0) is 15.0. The first-order valence-electron chi connectivity index (χ1n) is 7.07. The van der Waals surface area contributed by atoms with Gasteiger partial charge in [-0.2, -0.15) is 0 Å². The first kappa shape index (κ1) is 13.7. The first-order chi connectivity index (χ1) is 10.2. The lowest BCUT2D eigenvalue weighted by atomic mass is 9.75. The zero-order valence-electron chi connectivity index (χ0n) is 12.5. The second kappa shape index (κ2) is 5.27. The lowest BCUT2D eigenvalue weighted by Crippen LogP contribution is -2.23. The Morgan fingerprint density at radius 1 is 1.14 bits per heavy atom. The van der Waals surface area contributed by atoms with Crippen LogP contribution in [0.2, 0.25) is 0 Å². The quantitative estimate of drug-likeness (QED) is 0.935. The van der Waals surface area contributed by atoms with Crippen molar-refractivity contribution < 1.29 is 9.47 Å². The van der Waals surface area contributed by atoms with Gasteiger partial charge in [-0.25, -0.2) is 0 Å². The summed E-state index contributed by atoms with van der Waals surface area (Å²) >= 11 is 0. The minimum atomic E-state index is 0.354. The van der Waals surface area contributed by atoms with Crippen LogP contribution in [-0.4, -0.2) is 29.0 Å². The molecule has 1 aromatic heterocycles. The molecule has 0 radical (unpaired) electrons. The third-order valence-corrected chi connectivity index (χ3v) is 4.08. The number of para-hydroxylation sites is 1. The fourth-order valence-electron chi connectivity index (χ4n) is 2.97. The van der Waals surface area contributed by atoms with Crippen LogP contribution in [0.3, 0.4) is 0 Å². The van der Waals surface area contributed by atoms with E-state index in [4.69, 9.17) is 15.2 Å². The van der Waals surface area contributed by atoms with E-state index in [0.29, 0.717) is 23.4 Å². The highest BCUT2D eigenvalue weighted by Gasteiger charge is 2.33. The molecule has 21 heavy (non-hydrogen) atoms. The molecule has 0 bridgehead atoms. The van der Waals surface area contributed by atoms with Gasteiger partial charge in [0.1, 0.15) is 23.0 Å². The van der Waals surface area contributed by atoms with Crippen molar-refractivity contribution in [3.63, 3.8) is 0 Å². The lowest BCUT2D eigenvalue weighted by Gasteiger charge is -2.32. The molecule has 2 N–H and O–H groups in total. The van der Waals surface area contributed by atoms with Gasteiger partial charge in [-0.1, -0.05) is 13.0 Å². The Hall–Kier alpha value is -2.24. The van der Waals surface area contributed by atoms with E-state index >= 15 is 0 Å². The van der Waals surface area contributed by atoms with Gasteiger partial charge in [0.15, 0.2) is 0 Å². The van der Waals surface area contributed by atoms with E-state index in [0.717, 1.165) is 30.3 Å². The maximum atomic E-state index is 6.05. The van der Waals surface area contributed by atoms with Crippen molar-refractivity contribution in [1.29, 1.82) is 0 Å². The highest BCUT2D eigenvalue weighted by Crippen LogP contribution is 2.43. The summed E-state index contributed by atoms with van der Waals surface area (Å²) in [6.07, 6.45) is 2.21. The maximum absolute atomic E-state index is 6.05. The summed E-state index contributed by atoms with van der Waals surface area (Å²) in [6.45, 7) is 2.24. The van der Waals surface area contributed by atoms with Crippen LogP contribution in [-0.2, 0) is 0 Å². The summed E-state index contributed by atoms with van der Waals surface area (Å²) in [5.74, 6) is 3.73. The van der Waals surface area contributed by atoms with Gasteiger partial charge in [0.05, 0.1) is 14.2 Å². The largest absolute Gasteiger partial charge is 0.494 e. The Bertz CT molecular complexity index is 625. The van der Waals surface area contributed by atoms with Crippen LogP contribution >= 0.6 is 0 Å². The number of methoxy groups -OCH3 is 2. The molecule has 1 heterocycles. The normalized spacial score (nSPS) is 20.9. The topological polar surface area (TPSA) is 75.2 Å². The van der Waals surface area contributed by atoms with Gasteiger partial charge in [-0.15, -0.1) is 10.2 Å². The van der Waals surface area contributed by atoms with Gasteiger partial charge in [0, 0.05) is 5.92 Å². The third-order valence-electron chi connectivity index (χ3n) is 4.08. The summed E-state index contributed by atoms with van der Waals surface area (Å²) in [5, 5.41) is 8.33. The van der Waals surface area contributed by atoms with Crippen LogP contribution in [0.15, 0.2) is 18.2 Å². The standard InChI is InChI=1S/C15H20N4O2/c1-9-7-10(8-9)14-17-18-15(16)19(14)13-11(20-2)5-4-6-12(13)21-3/h4-6,9-10H,7-8H2,1-3H3,(H2,16,18). The van der Waals surface area contributed by atoms with Crippen molar-refractivity contribution in [3.8, 4) is 17.2 Å². The molecule has 1 aromatic carbocycles. The molecule has 0 atom stereocenters. The summed E-state index contributed by atoms with van der Waals surface area (Å²) in [7, 11) is 3.26. The second-order valence-electron chi connectivity index (χ2n) is 5.54. The van der Waals surface area contributed by atoms with E-state index in [9.17, 15) is 0 Å². The van der Waals surface area contributed by atoms with Gasteiger partial charge < -0.3 is 15.2 Å².